The summed E-state index contributed by atoms with van der Waals surface area (Å²) in [5.74, 6) is 2.57. The molecule has 0 aliphatic rings. The first-order chi connectivity index (χ1) is 12.2. The van der Waals surface area contributed by atoms with Gasteiger partial charge < -0.3 is 24.3 Å². The highest BCUT2D eigenvalue weighted by molar-refractivity contribution is 5.51. The molecule has 2 aromatic carbocycles. The van der Waals surface area contributed by atoms with Gasteiger partial charge in [-0.15, -0.1) is 0 Å². The van der Waals surface area contributed by atoms with Crippen molar-refractivity contribution in [3.63, 3.8) is 0 Å². The first kappa shape index (κ1) is 18.4. The van der Waals surface area contributed by atoms with Gasteiger partial charge in [0, 0.05) is 0 Å². The third-order valence-electron chi connectivity index (χ3n) is 3.97. The minimum Gasteiger partial charge on any atom is -0.493 e. The number of nitrogens with one attached hydrogen (secondary N) is 1. The fourth-order valence-corrected chi connectivity index (χ4v) is 2.67. The molecule has 1 unspecified atom stereocenters. The van der Waals surface area contributed by atoms with Crippen LogP contribution in [0.4, 0.5) is 0 Å². The van der Waals surface area contributed by atoms with E-state index >= 15 is 0 Å². The van der Waals surface area contributed by atoms with Gasteiger partial charge in [-0.05, 0) is 41.8 Å². The molecule has 0 aliphatic carbocycles. The zero-order valence-corrected chi connectivity index (χ0v) is 14.9. The molecular formula is C19H23NO5. The lowest BCUT2D eigenvalue weighted by Gasteiger charge is -2.19. The molecule has 0 heterocycles. The second-order valence-electron chi connectivity index (χ2n) is 5.34. The third-order valence-corrected chi connectivity index (χ3v) is 3.97. The van der Waals surface area contributed by atoms with Crippen LogP contribution in [0.3, 0.4) is 0 Å². The lowest BCUT2D eigenvalue weighted by molar-refractivity contribution is -0.110. The fraction of sp³-hybridized carbons (Fsp3) is 0.316. The Balaban J connectivity index is 2.31. The Hall–Kier alpha value is -2.89. The van der Waals surface area contributed by atoms with Crippen molar-refractivity contribution in [3.8, 4) is 23.0 Å². The fourth-order valence-electron chi connectivity index (χ4n) is 2.67. The van der Waals surface area contributed by atoms with Crippen molar-refractivity contribution >= 4 is 6.41 Å². The largest absolute Gasteiger partial charge is 0.493 e. The predicted octanol–water partition coefficient (Wildman–Crippen LogP) is 2.75. The van der Waals surface area contributed by atoms with Crippen LogP contribution < -0.4 is 24.3 Å². The summed E-state index contributed by atoms with van der Waals surface area (Å²) >= 11 is 0. The Labute approximate surface area is 147 Å². The first-order valence-electron chi connectivity index (χ1n) is 7.79. The molecule has 1 amide bonds. The maximum Gasteiger partial charge on any atom is 0.207 e. The van der Waals surface area contributed by atoms with Crippen molar-refractivity contribution in [3.05, 3.63) is 47.5 Å². The third kappa shape index (κ3) is 4.35. The van der Waals surface area contributed by atoms with E-state index in [0.29, 0.717) is 35.8 Å². The summed E-state index contributed by atoms with van der Waals surface area (Å²) in [7, 11) is 6.36. The van der Waals surface area contributed by atoms with Crippen LogP contribution in [0.1, 0.15) is 17.2 Å². The Morgan fingerprint density at radius 2 is 1.40 bits per heavy atom. The molecule has 25 heavy (non-hydrogen) atoms. The molecule has 1 N–H and O–H groups in total. The van der Waals surface area contributed by atoms with E-state index in [0.717, 1.165) is 11.1 Å². The van der Waals surface area contributed by atoms with Crippen LogP contribution in [0.25, 0.3) is 0 Å². The van der Waals surface area contributed by atoms with Crippen molar-refractivity contribution in [2.75, 3.05) is 28.4 Å². The molecule has 0 radical (unpaired) electrons. The topological polar surface area (TPSA) is 66.0 Å². The standard InChI is InChI=1S/C19H23NO5/c1-22-16-7-5-13(10-18(16)24-3)9-15(20-12-21)14-6-8-17(23-2)19(11-14)25-4/h5-8,10-12,15H,9H2,1-4H3,(H,20,21). The molecule has 1 atom stereocenters. The van der Waals surface area contributed by atoms with Crippen LogP contribution in [0.5, 0.6) is 23.0 Å². The van der Waals surface area contributed by atoms with Gasteiger partial charge in [-0.3, -0.25) is 4.79 Å². The molecule has 0 aromatic heterocycles. The first-order valence-corrected chi connectivity index (χ1v) is 7.79. The van der Waals surface area contributed by atoms with Gasteiger partial charge in [0.05, 0.1) is 34.5 Å². The van der Waals surface area contributed by atoms with Gasteiger partial charge in [-0.1, -0.05) is 12.1 Å². The van der Waals surface area contributed by atoms with Crippen molar-refractivity contribution in [1.29, 1.82) is 0 Å². The summed E-state index contributed by atoms with van der Waals surface area (Å²) < 4.78 is 21.2. The van der Waals surface area contributed by atoms with E-state index in [2.05, 4.69) is 5.32 Å². The molecule has 0 saturated carbocycles. The minimum absolute atomic E-state index is 0.213. The van der Waals surface area contributed by atoms with E-state index < -0.39 is 0 Å². The number of hydrogen-bond acceptors (Lipinski definition) is 5. The molecule has 0 saturated heterocycles. The smallest absolute Gasteiger partial charge is 0.207 e. The molecule has 0 bridgehead atoms. The van der Waals surface area contributed by atoms with Crippen molar-refractivity contribution in [1.82, 2.24) is 5.32 Å². The molecule has 0 aliphatic heterocycles. The van der Waals surface area contributed by atoms with Gasteiger partial charge in [-0.2, -0.15) is 0 Å². The summed E-state index contributed by atoms with van der Waals surface area (Å²) in [6, 6.07) is 11.1. The SMILES string of the molecule is COc1ccc(CC(NC=O)c2ccc(OC)c(OC)c2)cc1OC. The second kappa shape index (κ2) is 8.82. The number of carbonyl (C=O) groups excluding carboxylic acids is 1. The normalized spacial score (nSPS) is 11.4. The lowest BCUT2D eigenvalue weighted by atomic mass is 9.98. The molecule has 6 nitrogen and oxygen atoms in total. The number of hydrogen-bond donors (Lipinski definition) is 1. The van der Waals surface area contributed by atoms with E-state index in [9.17, 15) is 4.79 Å². The summed E-state index contributed by atoms with van der Waals surface area (Å²) in [4.78, 5) is 11.1. The molecule has 2 aromatic rings. The second-order valence-corrected chi connectivity index (χ2v) is 5.34. The zero-order valence-electron chi connectivity index (χ0n) is 14.9. The molecule has 6 heteroatoms. The monoisotopic (exact) mass is 345 g/mol. The lowest BCUT2D eigenvalue weighted by Crippen LogP contribution is -2.21. The Morgan fingerprint density at radius 3 is 1.96 bits per heavy atom. The van der Waals surface area contributed by atoms with E-state index in [1.807, 2.05) is 36.4 Å². The summed E-state index contributed by atoms with van der Waals surface area (Å²) in [6.07, 6.45) is 1.29. The molecule has 0 spiro atoms. The average molecular weight is 345 g/mol. The number of methoxy groups -OCH3 is 4. The van der Waals surface area contributed by atoms with Gasteiger partial charge in [0.15, 0.2) is 23.0 Å². The van der Waals surface area contributed by atoms with Crippen LogP contribution in [-0.4, -0.2) is 34.8 Å². The van der Waals surface area contributed by atoms with E-state index in [1.165, 1.54) is 0 Å². The molecule has 2 rings (SSSR count). The van der Waals surface area contributed by atoms with Gasteiger partial charge in [0.1, 0.15) is 0 Å². The molecule has 0 fully saturated rings. The van der Waals surface area contributed by atoms with Crippen molar-refractivity contribution in [2.24, 2.45) is 0 Å². The van der Waals surface area contributed by atoms with E-state index in [-0.39, 0.29) is 6.04 Å². The Morgan fingerprint density at radius 1 is 0.840 bits per heavy atom. The van der Waals surface area contributed by atoms with Crippen molar-refractivity contribution < 1.29 is 23.7 Å². The molecule has 134 valence electrons. The summed E-state index contributed by atoms with van der Waals surface area (Å²) in [5.41, 5.74) is 1.92. The van der Waals surface area contributed by atoms with Crippen molar-refractivity contribution in [2.45, 2.75) is 12.5 Å². The number of amides is 1. The summed E-state index contributed by atoms with van der Waals surface area (Å²) in [6.45, 7) is 0. The number of ether oxygens (including phenoxy) is 4. The van der Waals surface area contributed by atoms with E-state index in [1.54, 1.807) is 28.4 Å². The van der Waals surface area contributed by atoms with Crippen LogP contribution in [0.2, 0.25) is 0 Å². The highest BCUT2D eigenvalue weighted by atomic mass is 16.5. The quantitative estimate of drug-likeness (QED) is 0.708. The number of rotatable bonds is 9. The van der Waals surface area contributed by atoms with Crippen LogP contribution in [0.15, 0.2) is 36.4 Å². The molecular weight excluding hydrogens is 322 g/mol. The van der Waals surface area contributed by atoms with E-state index in [4.69, 9.17) is 18.9 Å². The van der Waals surface area contributed by atoms with Gasteiger partial charge >= 0.3 is 0 Å². The van der Waals surface area contributed by atoms with Gasteiger partial charge in [-0.25, -0.2) is 0 Å². The van der Waals surface area contributed by atoms with Crippen LogP contribution in [0, 0.1) is 0 Å². The van der Waals surface area contributed by atoms with Crippen LogP contribution in [-0.2, 0) is 11.2 Å². The Bertz CT molecular complexity index is 717. The summed E-state index contributed by atoms with van der Waals surface area (Å²) in [5, 5.41) is 2.85. The highest BCUT2D eigenvalue weighted by Gasteiger charge is 2.16. The number of carbonyl (C=O) groups is 1. The van der Waals surface area contributed by atoms with Crippen LogP contribution >= 0.6 is 0 Å². The van der Waals surface area contributed by atoms with Gasteiger partial charge in [0.2, 0.25) is 6.41 Å². The zero-order chi connectivity index (χ0) is 18.2. The predicted molar refractivity (Wildman–Crippen MR) is 94.7 cm³/mol. The average Bonchev–Trinajstić information content (AvgIpc) is 2.66. The number of benzene rings is 2. The maximum absolute atomic E-state index is 11.1. The highest BCUT2D eigenvalue weighted by Crippen LogP contribution is 2.33. The van der Waals surface area contributed by atoms with Gasteiger partial charge in [0.25, 0.3) is 0 Å². The minimum atomic E-state index is -0.213. The maximum atomic E-state index is 11.1. The Kier molecular flexibility index (Phi) is 6.51.